The second-order valence-corrected chi connectivity index (χ2v) is 10.3. The van der Waals surface area contributed by atoms with Crippen molar-refractivity contribution in [2.45, 2.75) is 13.2 Å². The summed E-state index contributed by atoms with van der Waals surface area (Å²) < 4.78 is 26.2. The molecule has 4 aromatic rings. The van der Waals surface area contributed by atoms with Gasteiger partial charge in [-0.3, -0.25) is 14.8 Å². The molecule has 1 amide bonds. The maximum Gasteiger partial charge on any atom is 0.258 e. The SMILES string of the molecule is CC1=C(C(=O)Nc2ccc(Oc3ccnc(Nc4ccc(N5CCOCC5)cc4)n3)c(F)c2)C(O)N(c2ccccc2)N1C. The van der Waals surface area contributed by atoms with Crippen molar-refractivity contribution in [2.75, 3.05) is 53.9 Å². The van der Waals surface area contributed by atoms with E-state index in [1.54, 1.807) is 24.0 Å². The molecule has 226 valence electrons. The van der Waals surface area contributed by atoms with Crippen LogP contribution in [0.1, 0.15) is 6.92 Å². The lowest BCUT2D eigenvalue weighted by atomic mass is 10.1. The number of anilines is 5. The first-order chi connectivity index (χ1) is 21.4. The van der Waals surface area contributed by atoms with E-state index in [4.69, 9.17) is 9.47 Å². The Labute approximate surface area is 254 Å². The molecule has 2 aliphatic rings. The standard InChI is InChI=1S/C32H32FN7O4/c1-21-29(31(42)40(38(21)2)25-6-4-3-5-7-25)30(41)35-23-10-13-27(26(33)20-23)44-28-14-15-34-32(37-28)36-22-8-11-24(12-9-22)39-16-18-43-19-17-39/h3-15,20,31,42H,16-19H2,1-2H3,(H,35,41)(H,34,36,37). The number of allylic oxidation sites excluding steroid dienone is 1. The average molecular weight is 598 g/mol. The smallest absolute Gasteiger partial charge is 0.258 e. The molecular weight excluding hydrogens is 565 g/mol. The van der Waals surface area contributed by atoms with Crippen molar-refractivity contribution >= 4 is 34.6 Å². The summed E-state index contributed by atoms with van der Waals surface area (Å²) in [5.74, 6) is -0.886. The van der Waals surface area contributed by atoms with Gasteiger partial charge >= 0.3 is 0 Å². The Kier molecular flexibility index (Phi) is 8.26. The van der Waals surface area contributed by atoms with Gasteiger partial charge in [0.1, 0.15) is 0 Å². The van der Waals surface area contributed by atoms with Gasteiger partial charge in [0.05, 0.1) is 24.5 Å². The molecule has 1 saturated heterocycles. The van der Waals surface area contributed by atoms with Crippen molar-refractivity contribution in [2.24, 2.45) is 0 Å². The van der Waals surface area contributed by atoms with Gasteiger partial charge in [-0.2, -0.15) is 4.98 Å². The normalized spacial score (nSPS) is 16.7. The fourth-order valence-electron chi connectivity index (χ4n) is 5.12. The lowest BCUT2D eigenvalue weighted by Crippen LogP contribution is -2.41. The molecule has 3 heterocycles. The van der Waals surface area contributed by atoms with E-state index >= 15 is 4.39 Å². The first-order valence-corrected chi connectivity index (χ1v) is 14.2. The summed E-state index contributed by atoms with van der Waals surface area (Å²) in [4.78, 5) is 24.0. The summed E-state index contributed by atoms with van der Waals surface area (Å²) >= 11 is 0. The minimum Gasteiger partial charge on any atom is -0.436 e. The fourth-order valence-corrected chi connectivity index (χ4v) is 5.12. The lowest BCUT2D eigenvalue weighted by molar-refractivity contribution is -0.113. The quantitative estimate of drug-likeness (QED) is 0.259. The van der Waals surface area contributed by atoms with Crippen molar-refractivity contribution in [3.05, 3.63) is 102 Å². The number of para-hydroxylation sites is 1. The number of aliphatic hydroxyl groups excluding tert-OH is 1. The molecule has 3 N–H and O–H groups in total. The number of amides is 1. The van der Waals surface area contributed by atoms with Crippen molar-refractivity contribution in [1.29, 1.82) is 0 Å². The second kappa shape index (κ2) is 12.6. The Morgan fingerprint density at radius 3 is 2.45 bits per heavy atom. The van der Waals surface area contributed by atoms with Crippen LogP contribution in [0.5, 0.6) is 11.6 Å². The van der Waals surface area contributed by atoms with E-state index < -0.39 is 18.0 Å². The van der Waals surface area contributed by atoms with Crippen molar-refractivity contribution in [3.8, 4) is 11.6 Å². The first kappa shape index (κ1) is 28.9. The van der Waals surface area contributed by atoms with Gasteiger partial charge in [-0.1, -0.05) is 18.2 Å². The number of halogens is 1. The summed E-state index contributed by atoms with van der Waals surface area (Å²) in [6, 6.07) is 22.7. The van der Waals surface area contributed by atoms with E-state index in [2.05, 4.69) is 25.5 Å². The van der Waals surface area contributed by atoms with Crippen molar-refractivity contribution in [3.63, 3.8) is 0 Å². The number of rotatable bonds is 8. The van der Waals surface area contributed by atoms with Crippen LogP contribution in [0.3, 0.4) is 0 Å². The number of morpholine rings is 1. The predicted octanol–water partition coefficient (Wildman–Crippen LogP) is 4.89. The molecule has 6 rings (SSSR count). The summed E-state index contributed by atoms with van der Waals surface area (Å²) in [6.45, 7) is 4.87. The zero-order chi connectivity index (χ0) is 30.6. The molecule has 1 fully saturated rings. The van der Waals surface area contributed by atoms with E-state index in [1.165, 1.54) is 24.4 Å². The van der Waals surface area contributed by atoms with Crippen LogP contribution in [0.15, 0.2) is 96.3 Å². The number of nitrogens with zero attached hydrogens (tertiary/aromatic N) is 5. The van der Waals surface area contributed by atoms with Crippen molar-refractivity contribution < 1.29 is 23.8 Å². The van der Waals surface area contributed by atoms with Gasteiger partial charge in [0.25, 0.3) is 5.91 Å². The third-order valence-electron chi connectivity index (χ3n) is 7.49. The molecule has 1 unspecified atom stereocenters. The average Bonchev–Trinajstić information content (AvgIpc) is 3.27. The number of carbonyl (C=O) groups is 1. The third kappa shape index (κ3) is 6.12. The fraction of sp³-hybridized carbons (Fsp3) is 0.219. The summed E-state index contributed by atoms with van der Waals surface area (Å²) in [5, 5.41) is 20.1. The van der Waals surface area contributed by atoms with Gasteiger partial charge in [-0.25, -0.2) is 9.37 Å². The Morgan fingerprint density at radius 1 is 1.00 bits per heavy atom. The third-order valence-corrected chi connectivity index (χ3v) is 7.49. The molecule has 0 aliphatic carbocycles. The Morgan fingerprint density at radius 2 is 1.73 bits per heavy atom. The maximum atomic E-state index is 15.1. The second-order valence-electron chi connectivity index (χ2n) is 10.3. The van der Waals surface area contributed by atoms with Crippen molar-refractivity contribution in [1.82, 2.24) is 15.0 Å². The van der Waals surface area contributed by atoms with Crippen LogP contribution >= 0.6 is 0 Å². The van der Waals surface area contributed by atoms with Crippen LogP contribution in [0.4, 0.5) is 33.1 Å². The predicted molar refractivity (Wildman–Crippen MR) is 165 cm³/mol. The number of aliphatic hydroxyl groups is 1. The number of benzene rings is 3. The van der Waals surface area contributed by atoms with E-state index in [0.717, 1.165) is 36.2 Å². The maximum absolute atomic E-state index is 15.1. The number of hydrazine groups is 1. The molecule has 12 heteroatoms. The Hall–Kier alpha value is -5.20. The van der Waals surface area contributed by atoms with Crippen LogP contribution in [-0.4, -0.2) is 65.6 Å². The number of hydrogen-bond acceptors (Lipinski definition) is 10. The zero-order valence-electron chi connectivity index (χ0n) is 24.3. The Bertz CT molecular complexity index is 1660. The van der Waals surface area contributed by atoms with Gasteiger partial charge in [0.2, 0.25) is 11.8 Å². The van der Waals surface area contributed by atoms with Gasteiger partial charge in [0.15, 0.2) is 17.8 Å². The van der Waals surface area contributed by atoms with Gasteiger partial charge < -0.3 is 30.1 Å². The molecule has 3 aromatic carbocycles. The number of ether oxygens (including phenoxy) is 2. The van der Waals surface area contributed by atoms with E-state index in [9.17, 15) is 9.90 Å². The molecule has 11 nitrogen and oxygen atoms in total. The number of aromatic nitrogens is 2. The highest BCUT2D eigenvalue weighted by molar-refractivity contribution is 6.05. The largest absolute Gasteiger partial charge is 0.436 e. The monoisotopic (exact) mass is 597 g/mol. The molecule has 0 radical (unpaired) electrons. The summed E-state index contributed by atoms with van der Waals surface area (Å²) in [7, 11) is 1.76. The lowest BCUT2D eigenvalue weighted by Gasteiger charge is -2.31. The summed E-state index contributed by atoms with van der Waals surface area (Å²) in [5.41, 5.74) is 3.57. The molecule has 0 saturated carbocycles. The highest BCUT2D eigenvalue weighted by atomic mass is 19.1. The molecule has 0 bridgehead atoms. The number of nitrogens with one attached hydrogen (secondary N) is 2. The minimum atomic E-state index is -1.21. The summed E-state index contributed by atoms with van der Waals surface area (Å²) in [6.07, 6.45) is 0.302. The van der Waals surface area contributed by atoms with Crippen LogP contribution in [0.25, 0.3) is 0 Å². The molecule has 1 aromatic heterocycles. The highest BCUT2D eigenvalue weighted by Gasteiger charge is 2.37. The van der Waals surface area contributed by atoms with E-state index in [-0.39, 0.29) is 22.9 Å². The minimum absolute atomic E-state index is 0.0752. The molecule has 1 atom stereocenters. The highest BCUT2D eigenvalue weighted by Crippen LogP contribution is 2.33. The van der Waals surface area contributed by atoms with E-state index in [1.807, 2.05) is 54.6 Å². The molecule has 2 aliphatic heterocycles. The number of carbonyl (C=O) groups excluding carboxylic acids is 1. The zero-order valence-corrected chi connectivity index (χ0v) is 24.3. The van der Waals surface area contributed by atoms with Gasteiger partial charge in [-0.05, 0) is 55.5 Å². The van der Waals surface area contributed by atoms with Crippen LogP contribution in [0.2, 0.25) is 0 Å². The van der Waals surface area contributed by atoms with E-state index in [0.29, 0.717) is 24.9 Å². The molecule has 44 heavy (non-hydrogen) atoms. The van der Waals surface area contributed by atoms with Crippen LogP contribution in [0, 0.1) is 5.82 Å². The van der Waals surface area contributed by atoms with Crippen LogP contribution < -0.4 is 25.3 Å². The number of hydrogen-bond donors (Lipinski definition) is 3. The molecular formula is C32H32FN7O4. The van der Waals surface area contributed by atoms with Gasteiger partial charge in [-0.15, -0.1) is 0 Å². The van der Waals surface area contributed by atoms with Gasteiger partial charge in [0, 0.05) is 61.2 Å². The topological polar surface area (TPSA) is 115 Å². The first-order valence-electron chi connectivity index (χ1n) is 14.2. The molecule has 0 spiro atoms. The van der Waals surface area contributed by atoms with Crippen LogP contribution in [-0.2, 0) is 9.53 Å². The Balaban J connectivity index is 1.09.